The molecule has 1 atom stereocenters. The van der Waals surface area contributed by atoms with Gasteiger partial charge >= 0.3 is 0 Å². The average Bonchev–Trinajstić information content (AvgIpc) is 3.30. The Morgan fingerprint density at radius 3 is 2.37 bits per heavy atom. The molecule has 0 N–H and O–H groups in total. The minimum absolute atomic E-state index is 0.504. The maximum atomic E-state index is 11.9. The third-order valence-electron chi connectivity index (χ3n) is 6.91. The number of aromatic nitrogens is 1. The highest BCUT2D eigenvalue weighted by Gasteiger charge is 2.31. The first kappa shape index (κ1) is 21.9. The van der Waals surface area contributed by atoms with Crippen LogP contribution in [0.5, 0.6) is 0 Å². The second kappa shape index (κ2) is 9.90. The van der Waals surface area contributed by atoms with Gasteiger partial charge in [-0.05, 0) is 69.1 Å². The zero-order chi connectivity index (χ0) is 21.0. The molecular weight excluding hydrogens is 414 g/mol. The lowest BCUT2D eigenvalue weighted by atomic mass is 9.78. The summed E-state index contributed by atoms with van der Waals surface area (Å²) in [7, 11) is -3.07. The van der Waals surface area contributed by atoms with Gasteiger partial charge in [-0.1, -0.05) is 30.3 Å². The van der Waals surface area contributed by atoms with Gasteiger partial charge < -0.3 is 4.90 Å². The third-order valence-corrected chi connectivity index (χ3v) is 9.15. The zero-order valence-electron chi connectivity index (χ0n) is 17.8. The normalized spacial score (nSPS) is 21.6. The molecule has 1 aromatic heterocycles. The number of piperidine rings is 2. The first-order valence-corrected chi connectivity index (χ1v) is 13.9. The fourth-order valence-electron chi connectivity index (χ4n) is 5.15. The van der Waals surface area contributed by atoms with E-state index >= 15 is 0 Å². The molecule has 0 spiro atoms. The standard InChI is InChI=1S/C23H33N3O2S2/c1-30(27,28)26-16-9-20(10-17-26)22(19-5-3-2-4-6-19)11-15-25-13-7-21(8-14-25)23-24-12-18-29-23/h2-6,12,18,20-22H,7-11,13-17H2,1H3. The summed E-state index contributed by atoms with van der Waals surface area (Å²) in [6, 6.07) is 10.8. The molecule has 2 aromatic rings. The van der Waals surface area contributed by atoms with Gasteiger partial charge in [0.1, 0.15) is 0 Å². The monoisotopic (exact) mass is 447 g/mol. The zero-order valence-corrected chi connectivity index (χ0v) is 19.5. The number of likely N-dealkylation sites (tertiary alicyclic amines) is 1. The SMILES string of the molecule is CS(=O)(=O)N1CCC(C(CCN2CCC(c3nccs3)CC2)c2ccccc2)CC1. The fraction of sp³-hybridized carbons (Fsp3) is 0.609. The van der Waals surface area contributed by atoms with Crippen LogP contribution in [0.15, 0.2) is 41.9 Å². The third kappa shape index (κ3) is 5.49. The van der Waals surface area contributed by atoms with Crippen molar-refractivity contribution in [2.24, 2.45) is 5.92 Å². The van der Waals surface area contributed by atoms with E-state index in [1.54, 1.807) is 15.6 Å². The first-order valence-electron chi connectivity index (χ1n) is 11.1. The van der Waals surface area contributed by atoms with Crippen molar-refractivity contribution in [1.29, 1.82) is 0 Å². The number of thiazole rings is 1. The van der Waals surface area contributed by atoms with Gasteiger partial charge in [0.2, 0.25) is 10.0 Å². The smallest absolute Gasteiger partial charge is 0.211 e. The molecule has 0 amide bonds. The second-order valence-electron chi connectivity index (χ2n) is 8.79. The van der Waals surface area contributed by atoms with Crippen molar-refractivity contribution in [2.75, 3.05) is 39.0 Å². The predicted molar refractivity (Wildman–Crippen MR) is 123 cm³/mol. The van der Waals surface area contributed by atoms with E-state index in [0.717, 1.165) is 38.9 Å². The highest BCUT2D eigenvalue weighted by molar-refractivity contribution is 7.88. The number of benzene rings is 1. The van der Waals surface area contributed by atoms with Gasteiger partial charge in [-0.15, -0.1) is 11.3 Å². The van der Waals surface area contributed by atoms with Gasteiger partial charge in [0, 0.05) is 30.6 Å². The minimum atomic E-state index is -3.07. The molecule has 164 valence electrons. The highest BCUT2D eigenvalue weighted by atomic mass is 32.2. The molecule has 7 heteroatoms. The van der Waals surface area contributed by atoms with Crippen LogP contribution in [0.4, 0.5) is 0 Å². The second-order valence-corrected chi connectivity index (χ2v) is 11.7. The van der Waals surface area contributed by atoms with Crippen molar-refractivity contribution >= 4 is 21.4 Å². The summed E-state index contributed by atoms with van der Waals surface area (Å²) >= 11 is 1.79. The molecule has 1 aromatic carbocycles. The lowest BCUT2D eigenvalue weighted by molar-refractivity contribution is 0.184. The van der Waals surface area contributed by atoms with Crippen molar-refractivity contribution in [3.05, 3.63) is 52.5 Å². The molecule has 30 heavy (non-hydrogen) atoms. The van der Waals surface area contributed by atoms with E-state index in [0.29, 0.717) is 30.8 Å². The molecular formula is C23H33N3O2S2. The Balaban J connectivity index is 1.35. The van der Waals surface area contributed by atoms with Crippen LogP contribution in [0, 0.1) is 5.92 Å². The number of hydrogen-bond acceptors (Lipinski definition) is 5. The topological polar surface area (TPSA) is 53.5 Å². The van der Waals surface area contributed by atoms with Crippen LogP contribution >= 0.6 is 11.3 Å². The molecule has 2 saturated heterocycles. The van der Waals surface area contributed by atoms with E-state index in [-0.39, 0.29) is 0 Å². The number of nitrogens with zero attached hydrogens (tertiary/aromatic N) is 3. The lowest BCUT2D eigenvalue weighted by Crippen LogP contribution is -2.40. The molecule has 0 saturated carbocycles. The highest BCUT2D eigenvalue weighted by Crippen LogP contribution is 2.36. The van der Waals surface area contributed by atoms with E-state index < -0.39 is 10.0 Å². The Hall–Kier alpha value is -1.28. The Kier molecular flexibility index (Phi) is 7.24. The molecule has 1 unspecified atom stereocenters. The van der Waals surface area contributed by atoms with Gasteiger partial charge in [0.25, 0.3) is 0 Å². The van der Waals surface area contributed by atoms with Crippen molar-refractivity contribution in [3.63, 3.8) is 0 Å². The van der Waals surface area contributed by atoms with Gasteiger partial charge in [0.05, 0.1) is 11.3 Å². The molecule has 2 aliphatic rings. The van der Waals surface area contributed by atoms with Crippen LogP contribution in [-0.2, 0) is 10.0 Å². The Bertz CT molecular complexity index is 870. The molecule has 0 radical (unpaired) electrons. The molecule has 0 bridgehead atoms. The van der Waals surface area contributed by atoms with Crippen molar-refractivity contribution in [3.8, 4) is 0 Å². The van der Waals surface area contributed by atoms with Gasteiger partial charge in [0.15, 0.2) is 0 Å². The molecule has 2 aliphatic heterocycles. The quantitative estimate of drug-likeness (QED) is 0.639. The van der Waals surface area contributed by atoms with Gasteiger partial charge in [-0.25, -0.2) is 17.7 Å². The van der Waals surface area contributed by atoms with Crippen molar-refractivity contribution in [1.82, 2.24) is 14.2 Å². The largest absolute Gasteiger partial charge is 0.303 e. The van der Waals surface area contributed by atoms with Crippen LogP contribution in [0.2, 0.25) is 0 Å². The Morgan fingerprint density at radius 2 is 1.77 bits per heavy atom. The first-order chi connectivity index (χ1) is 14.5. The van der Waals surface area contributed by atoms with Crippen LogP contribution in [0.1, 0.15) is 54.5 Å². The maximum Gasteiger partial charge on any atom is 0.211 e. The van der Waals surface area contributed by atoms with E-state index in [1.807, 2.05) is 6.20 Å². The van der Waals surface area contributed by atoms with E-state index in [4.69, 9.17) is 0 Å². The summed E-state index contributed by atoms with van der Waals surface area (Å²) < 4.78 is 25.4. The van der Waals surface area contributed by atoms with Crippen LogP contribution in [0.25, 0.3) is 0 Å². The van der Waals surface area contributed by atoms with Crippen molar-refractivity contribution < 1.29 is 8.42 Å². The van der Waals surface area contributed by atoms with Gasteiger partial charge in [-0.3, -0.25) is 0 Å². The summed E-state index contributed by atoms with van der Waals surface area (Å²) in [5.41, 5.74) is 1.41. The van der Waals surface area contributed by atoms with Crippen LogP contribution < -0.4 is 0 Å². The summed E-state index contributed by atoms with van der Waals surface area (Å²) in [4.78, 5) is 7.13. The molecule has 4 rings (SSSR count). The van der Waals surface area contributed by atoms with Crippen LogP contribution in [0.3, 0.4) is 0 Å². The fourth-order valence-corrected chi connectivity index (χ4v) is 6.83. The number of hydrogen-bond donors (Lipinski definition) is 0. The summed E-state index contributed by atoms with van der Waals surface area (Å²) in [6.07, 6.45) is 8.72. The molecule has 2 fully saturated rings. The Morgan fingerprint density at radius 1 is 1.07 bits per heavy atom. The van der Waals surface area contributed by atoms with E-state index in [1.165, 1.54) is 29.7 Å². The lowest BCUT2D eigenvalue weighted by Gasteiger charge is -2.37. The summed E-state index contributed by atoms with van der Waals surface area (Å²) in [6.45, 7) is 4.74. The molecule has 3 heterocycles. The molecule has 0 aliphatic carbocycles. The average molecular weight is 448 g/mol. The van der Waals surface area contributed by atoms with E-state index in [9.17, 15) is 8.42 Å². The predicted octanol–water partition coefficient (Wildman–Crippen LogP) is 4.17. The number of sulfonamides is 1. The maximum absolute atomic E-state index is 11.9. The minimum Gasteiger partial charge on any atom is -0.303 e. The van der Waals surface area contributed by atoms with Crippen LogP contribution in [-0.4, -0.2) is 61.6 Å². The van der Waals surface area contributed by atoms with Gasteiger partial charge in [-0.2, -0.15) is 0 Å². The van der Waals surface area contributed by atoms with E-state index in [2.05, 4.69) is 45.6 Å². The number of rotatable bonds is 7. The van der Waals surface area contributed by atoms with Crippen molar-refractivity contribution in [2.45, 2.75) is 43.9 Å². The Labute approximate surface area is 185 Å². The summed E-state index contributed by atoms with van der Waals surface area (Å²) in [5, 5.41) is 3.38. The summed E-state index contributed by atoms with van der Waals surface area (Å²) in [5.74, 6) is 1.69. The molecule has 5 nitrogen and oxygen atoms in total.